The summed E-state index contributed by atoms with van der Waals surface area (Å²) in [7, 11) is 1.61. The number of hydrogen-bond acceptors (Lipinski definition) is 6. The molecule has 1 unspecified atom stereocenters. The molecule has 31 heavy (non-hydrogen) atoms. The van der Waals surface area contributed by atoms with E-state index in [-0.39, 0.29) is 12.1 Å². The fraction of sp³-hybridized carbons (Fsp3) is 0.619. The number of amides is 2. The van der Waals surface area contributed by atoms with E-state index in [1.165, 1.54) is 4.90 Å². The summed E-state index contributed by atoms with van der Waals surface area (Å²) in [6.45, 7) is 11.3. The highest BCUT2D eigenvalue weighted by Crippen LogP contribution is 2.22. The molecule has 2 amide bonds. The summed E-state index contributed by atoms with van der Waals surface area (Å²) in [6.07, 6.45) is 4.16. The molecule has 10 heteroatoms. The summed E-state index contributed by atoms with van der Waals surface area (Å²) >= 11 is 6.00. The number of carbonyl (C=O) groups excluding carboxylic acids is 2. The first-order valence-corrected chi connectivity index (χ1v) is 10.7. The maximum absolute atomic E-state index is 12.1. The highest BCUT2D eigenvalue weighted by atomic mass is 35.5. The molecule has 1 fully saturated rings. The van der Waals surface area contributed by atoms with Crippen LogP contribution < -0.4 is 10.2 Å². The predicted octanol–water partition coefficient (Wildman–Crippen LogP) is 3.73. The van der Waals surface area contributed by atoms with Gasteiger partial charge >= 0.3 is 6.09 Å². The summed E-state index contributed by atoms with van der Waals surface area (Å²) < 4.78 is 6.89. The molecule has 1 saturated carbocycles. The third kappa shape index (κ3) is 7.99. The number of carbonyl (C=O) groups is 2. The van der Waals surface area contributed by atoms with Crippen LogP contribution in [0.5, 0.6) is 0 Å². The number of aromatic nitrogens is 3. The second kappa shape index (κ2) is 11.9. The van der Waals surface area contributed by atoms with E-state index in [0.29, 0.717) is 23.0 Å². The molecule has 2 heterocycles. The minimum Gasteiger partial charge on any atom is -0.443 e. The number of nitrogens with zero attached hydrogens (tertiary/aromatic N) is 4. The number of ether oxygens (including phenoxy) is 1. The van der Waals surface area contributed by atoms with E-state index in [9.17, 15) is 9.59 Å². The van der Waals surface area contributed by atoms with Crippen molar-refractivity contribution >= 4 is 35.6 Å². The lowest BCUT2D eigenvalue weighted by atomic mass is 10.2. The van der Waals surface area contributed by atoms with Gasteiger partial charge in [0.25, 0.3) is 0 Å². The van der Waals surface area contributed by atoms with Crippen molar-refractivity contribution in [2.75, 3.05) is 11.9 Å². The van der Waals surface area contributed by atoms with Crippen LogP contribution in [0.4, 0.5) is 10.6 Å². The molecule has 2 aromatic rings. The smallest absolute Gasteiger partial charge is 0.415 e. The zero-order valence-electron chi connectivity index (χ0n) is 19.3. The van der Waals surface area contributed by atoms with E-state index in [4.69, 9.17) is 21.4 Å². The molecule has 1 aliphatic carbocycles. The number of aliphatic hydroxyl groups is 1. The maximum Gasteiger partial charge on any atom is 0.415 e. The monoisotopic (exact) mass is 455 g/mol. The van der Waals surface area contributed by atoms with Crippen molar-refractivity contribution in [3.05, 3.63) is 23.0 Å². The maximum atomic E-state index is 12.1. The zero-order chi connectivity index (χ0) is 23.8. The van der Waals surface area contributed by atoms with Gasteiger partial charge in [0.05, 0.1) is 12.3 Å². The van der Waals surface area contributed by atoms with E-state index in [1.807, 2.05) is 41.5 Å². The molecule has 0 saturated heterocycles. The van der Waals surface area contributed by atoms with Gasteiger partial charge in [0.15, 0.2) is 5.65 Å². The summed E-state index contributed by atoms with van der Waals surface area (Å²) in [5, 5.41) is 16.1. The van der Waals surface area contributed by atoms with Gasteiger partial charge in [-0.3, -0.25) is 9.69 Å². The highest BCUT2D eigenvalue weighted by molar-refractivity contribution is 6.29. The third-order valence-electron chi connectivity index (χ3n) is 4.32. The SMILES string of the molecule is CC.Cc1cnn2c(N(C)C(=O)OC(C)(C)C)cc(Cl)nc12.O=CN[C@@H]1CCC(O)C1. The van der Waals surface area contributed by atoms with E-state index < -0.39 is 11.7 Å². The van der Waals surface area contributed by atoms with Crippen LogP contribution in [0.25, 0.3) is 5.65 Å². The lowest BCUT2D eigenvalue weighted by molar-refractivity contribution is -0.110. The first-order valence-electron chi connectivity index (χ1n) is 10.4. The lowest BCUT2D eigenvalue weighted by Crippen LogP contribution is -2.35. The van der Waals surface area contributed by atoms with Crippen LogP contribution in [0.15, 0.2) is 12.3 Å². The zero-order valence-corrected chi connectivity index (χ0v) is 20.1. The average Bonchev–Trinajstić information content (AvgIpc) is 3.27. The predicted molar refractivity (Wildman–Crippen MR) is 122 cm³/mol. The summed E-state index contributed by atoms with van der Waals surface area (Å²) in [5.74, 6) is 0.502. The van der Waals surface area contributed by atoms with Crippen LogP contribution in [-0.4, -0.2) is 57.0 Å². The van der Waals surface area contributed by atoms with Crippen molar-refractivity contribution in [1.29, 1.82) is 0 Å². The second-order valence-corrected chi connectivity index (χ2v) is 8.37. The number of hydrogen-bond donors (Lipinski definition) is 2. The number of aryl methyl sites for hydroxylation is 1. The third-order valence-corrected chi connectivity index (χ3v) is 4.51. The van der Waals surface area contributed by atoms with Gasteiger partial charge in [-0.15, -0.1) is 0 Å². The number of aliphatic hydroxyl groups excluding tert-OH is 1. The first kappa shape index (κ1) is 26.6. The Bertz CT molecular complexity index is 865. The standard InChI is InChI=1S/C13H17ClN4O2.C6H11NO2.C2H6/c1-8-7-15-18-10(6-9(14)16-11(8)18)17(5)12(19)20-13(2,3)4;8-4-7-5-1-2-6(9)3-5;1-2/h6-7H,1-5H3;4-6,9H,1-3H2,(H,7,8);1-2H3/t;5-,6?;/m.1./s1. The van der Waals surface area contributed by atoms with Crippen LogP contribution in [0.2, 0.25) is 5.15 Å². The second-order valence-electron chi connectivity index (χ2n) is 7.99. The van der Waals surface area contributed by atoms with Gasteiger partial charge in [-0.2, -0.15) is 9.61 Å². The molecule has 0 aliphatic heterocycles. The molecule has 1 aliphatic rings. The van der Waals surface area contributed by atoms with Crippen molar-refractivity contribution in [2.24, 2.45) is 0 Å². The van der Waals surface area contributed by atoms with E-state index in [1.54, 1.807) is 23.8 Å². The molecule has 2 N–H and O–H groups in total. The molecule has 0 spiro atoms. The van der Waals surface area contributed by atoms with Crippen molar-refractivity contribution < 1.29 is 19.4 Å². The Morgan fingerprint density at radius 3 is 2.55 bits per heavy atom. The molecule has 2 aromatic heterocycles. The number of fused-ring (bicyclic) bond motifs is 1. The van der Waals surface area contributed by atoms with E-state index in [0.717, 1.165) is 24.8 Å². The van der Waals surface area contributed by atoms with Gasteiger partial charge in [-0.1, -0.05) is 25.4 Å². The Hall–Kier alpha value is -2.39. The van der Waals surface area contributed by atoms with Gasteiger partial charge < -0.3 is 15.2 Å². The molecule has 0 radical (unpaired) electrons. The van der Waals surface area contributed by atoms with Gasteiger partial charge in [0, 0.05) is 24.7 Å². The summed E-state index contributed by atoms with van der Waals surface area (Å²) in [6, 6.07) is 1.79. The van der Waals surface area contributed by atoms with Gasteiger partial charge in [0.2, 0.25) is 6.41 Å². The van der Waals surface area contributed by atoms with Crippen LogP contribution in [0, 0.1) is 6.92 Å². The summed E-state index contributed by atoms with van der Waals surface area (Å²) in [5.41, 5.74) is 0.927. The van der Waals surface area contributed by atoms with Crippen LogP contribution in [0.1, 0.15) is 59.4 Å². The Morgan fingerprint density at radius 2 is 2.03 bits per heavy atom. The first-order chi connectivity index (χ1) is 14.5. The molecule has 3 rings (SSSR count). The minimum atomic E-state index is -0.568. The molecule has 0 bridgehead atoms. The van der Waals surface area contributed by atoms with Crippen molar-refractivity contribution in [3.63, 3.8) is 0 Å². The fourth-order valence-corrected chi connectivity index (χ4v) is 3.07. The fourth-order valence-electron chi connectivity index (χ4n) is 2.90. The number of nitrogens with one attached hydrogen (secondary N) is 1. The van der Waals surface area contributed by atoms with Crippen LogP contribution in [0.3, 0.4) is 0 Å². The van der Waals surface area contributed by atoms with Gasteiger partial charge in [-0.25, -0.2) is 9.78 Å². The molecular formula is C21H34ClN5O4. The van der Waals surface area contributed by atoms with Crippen molar-refractivity contribution in [1.82, 2.24) is 19.9 Å². The van der Waals surface area contributed by atoms with E-state index >= 15 is 0 Å². The Labute approximate surface area is 188 Å². The lowest BCUT2D eigenvalue weighted by Gasteiger charge is -2.24. The largest absolute Gasteiger partial charge is 0.443 e. The Balaban J connectivity index is 0.000000365. The number of halogens is 1. The topological polar surface area (TPSA) is 109 Å². The minimum absolute atomic E-state index is 0.192. The summed E-state index contributed by atoms with van der Waals surface area (Å²) in [4.78, 5) is 27.6. The molecule has 174 valence electrons. The van der Waals surface area contributed by atoms with Crippen LogP contribution in [-0.2, 0) is 9.53 Å². The quantitative estimate of drug-likeness (QED) is 0.539. The van der Waals surface area contributed by atoms with Gasteiger partial charge in [0.1, 0.15) is 16.6 Å². The van der Waals surface area contributed by atoms with E-state index in [2.05, 4.69) is 15.4 Å². The normalized spacial score (nSPS) is 17.7. The number of anilines is 1. The average molecular weight is 456 g/mol. The Morgan fingerprint density at radius 1 is 1.39 bits per heavy atom. The molecule has 9 nitrogen and oxygen atoms in total. The van der Waals surface area contributed by atoms with Crippen molar-refractivity contribution in [3.8, 4) is 0 Å². The Kier molecular flexibility index (Phi) is 10.2. The highest BCUT2D eigenvalue weighted by Gasteiger charge is 2.23. The van der Waals surface area contributed by atoms with Gasteiger partial charge in [-0.05, 0) is 47.0 Å². The van der Waals surface area contributed by atoms with Crippen LogP contribution >= 0.6 is 11.6 Å². The van der Waals surface area contributed by atoms with Crippen molar-refractivity contribution in [2.45, 2.75) is 78.6 Å². The molecule has 2 atom stereocenters. The number of rotatable bonds is 3. The molecular weight excluding hydrogens is 422 g/mol. The molecule has 0 aromatic carbocycles.